The van der Waals surface area contributed by atoms with E-state index in [1.165, 1.54) is 43.5 Å². The summed E-state index contributed by atoms with van der Waals surface area (Å²) in [6.07, 6.45) is 8.10. The van der Waals surface area contributed by atoms with Gasteiger partial charge < -0.3 is 0 Å². The van der Waals surface area contributed by atoms with E-state index in [2.05, 4.69) is 38.8 Å². The summed E-state index contributed by atoms with van der Waals surface area (Å²) in [5.74, 6) is 0. The van der Waals surface area contributed by atoms with Crippen molar-refractivity contribution in [3.8, 4) is 0 Å². The molecular weight excluding hydrogens is 566 g/mol. The fraction of sp³-hybridized carbons (Fsp3) is 0.455. The van der Waals surface area contributed by atoms with Gasteiger partial charge >= 0.3 is 0 Å². The Balaban J connectivity index is 2.21. The molecule has 0 spiro atoms. The maximum absolute atomic E-state index is 13.3. The summed E-state index contributed by atoms with van der Waals surface area (Å²) in [4.78, 5) is -0.0908. The van der Waals surface area contributed by atoms with E-state index < -0.39 is 20.0 Å². The second-order valence-corrected chi connectivity index (χ2v) is 13.2. The molecule has 0 aliphatic heterocycles. The first-order chi connectivity index (χ1) is 14.7. The smallest absolute Gasteiger partial charge is 0.206 e. The van der Waals surface area contributed by atoms with Gasteiger partial charge in [-0.3, -0.25) is 0 Å². The average molecular weight is 595 g/mol. The maximum atomic E-state index is 13.3. The highest BCUT2D eigenvalue weighted by atomic mass is 79.9. The van der Waals surface area contributed by atoms with Crippen molar-refractivity contribution in [1.29, 1.82) is 0 Å². The zero-order valence-corrected chi connectivity index (χ0v) is 22.4. The zero-order chi connectivity index (χ0) is 22.9. The molecule has 0 N–H and O–H groups in total. The van der Waals surface area contributed by atoms with Crippen LogP contribution in [0.5, 0.6) is 0 Å². The van der Waals surface area contributed by atoms with Crippen molar-refractivity contribution < 1.29 is 16.8 Å². The summed E-state index contributed by atoms with van der Waals surface area (Å²) in [6, 6.07) is 12.0. The highest BCUT2D eigenvalue weighted by Gasteiger charge is 2.36. The van der Waals surface area contributed by atoms with Gasteiger partial charge in [-0.1, -0.05) is 87.4 Å². The van der Waals surface area contributed by atoms with E-state index in [9.17, 15) is 16.8 Å². The van der Waals surface area contributed by atoms with Crippen LogP contribution in [0.15, 0.2) is 67.3 Å². The van der Waals surface area contributed by atoms with E-state index in [1.807, 2.05) is 0 Å². The van der Waals surface area contributed by atoms with E-state index >= 15 is 0 Å². The summed E-state index contributed by atoms with van der Waals surface area (Å²) in [5.41, 5.74) is 0. The van der Waals surface area contributed by atoms with E-state index in [1.54, 1.807) is 24.3 Å². The summed E-state index contributed by atoms with van der Waals surface area (Å²) in [6.45, 7) is 2.10. The van der Waals surface area contributed by atoms with Gasteiger partial charge in [0, 0.05) is 15.5 Å². The second kappa shape index (κ2) is 12.5. The molecule has 5 nitrogen and oxygen atoms in total. The molecule has 0 bridgehead atoms. The number of sulfonamides is 2. The molecule has 0 aliphatic rings. The van der Waals surface area contributed by atoms with Crippen LogP contribution in [0.2, 0.25) is 0 Å². The van der Waals surface area contributed by atoms with Crippen molar-refractivity contribution in [2.75, 3.05) is 6.54 Å². The molecule has 0 aromatic heterocycles. The van der Waals surface area contributed by atoms with Gasteiger partial charge in [0.25, 0.3) is 20.0 Å². The van der Waals surface area contributed by atoms with Crippen LogP contribution in [0.4, 0.5) is 0 Å². The molecule has 0 atom stereocenters. The predicted octanol–water partition coefficient (Wildman–Crippen LogP) is 6.73. The Hall–Kier alpha value is -0.740. The molecule has 0 saturated heterocycles. The molecule has 31 heavy (non-hydrogen) atoms. The molecule has 0 unspecified atom stereocenters. The number of hydrogen-bond acceptors (Lipinski definition) is 4. The van der Waals surface area contributed by atoms with Crippen LogP contribution < -0.4 is 0 Å². The van der Waals surface area contributed by atoms with Gasteiger partial charge in [0.2, 0.25) is 0 Å². The molecule has 2 aromatic rings. The van der Waals surface area contributed by atoms with Crippen LogP contribution in [0.25, 0.3) is 0 Å². The molecule has 2 rings (SSSR count). The first-order valence-electron chi connectivity index (χ1n) is 10.5. The van der Waals surface area contributed by atoms with E-state index in [4.69, 9.17) is 0 Å². The Kier molecular flexibility index (Phi) is 10.7. The molecule has 2 aromatic carbocycles. The van der Waals surface area contributed by atoms with Gasteiger partial charge in [0.1, 0.15) is 0 Å². The Morgan fingerprint density at radius 1 is 0.613 bits per heavy atom. The minimum Gasteiger partial charge on any atom is -0.206 e. The van der Waals surface area contributed by atoms with Gasteiger partial charge in [-0.15, -0.1) is 0 Å². The quantitative estimate of drug-likeness (QED) is 0.241. The first-order valence-corrected chi connectivity index (χ1v) is 15.0. The van der Waals surface area contributed by atoms with Gasteiger partial charge in [0.15, 0.2) is 0 Å². The number of hydrogen-bond donors (Lipinski definition) is 0. The number of unbranched alkanes of at least 4 members (excludes halogenated alkanes) is 7. The number of rotatable bonds is 13. The first kappa shape index (κ1) is 26.5. The molecule has 0 saturated carbocycles. The normalized spacial score (nSPS) is 12.4. The highest BCUT2D eigenvalue weighted by Crippen LogP contribution is 2.27. The van der Waals surface area contributed by atoms with E-state index in [0.29, 0.717) is 10.1 Å². The maximum Gasteiger partial charge on any atom is 0.256 e. The van der Waals surface area contributed by atoms with Crippen LogP contribution in [0, 0.1) is 0 Å². The van der Waals surface area contributed by atoms with Crippen molar-refractivity contribution in [3.63, 3.8) is 0 Å². The third-order valence-electron chi connectivity index (χ3n) is 4.95. The fourth-order valence-electron chi connectivity index (χ4n) is 3.19. The van der Waals surface area contributed by atoms with Crippen molar-refractivity contribution in [3.05, 3.63) is 57.5 Å². The SMILES string of the molecule is CCCCCCCCCCN(S(=O)(=O)c1ccc(Br)cc1)S(=O)(=O)c1ccc(Br)cc1. The molecule has 172 valence electrons. The van der Waals surface area contributed by atoms with Crippen molar-refractivity contribution >= 4 is 51.9 Å². The topological polar surface area (TPSA) is 71.5 Å². The second-order valence-electron chi connectivity index (χ2n) is 7.39. The van der Waals surface area contributed by atoms with Crippen LogP contribution in [0.3, 0.4) is 0 Å². The summed E-state index contributed by atoms with van der Waals surface area (Å²) < 4.78 is 55.3. The van der Waals surface area contributed by atoms with Crippen molar-refractivity contribution in [2.45, 2.75) is 68.1 Å². The van der Waals surface area contributed by atoms with Crippen molar-refractivity contribution in [1.82, 2.24) is 3.71 Å². The van der Waals surface area contributed by atoms with Gasteiger partial charge in [-0.05, 0) is 55.0 Å². The van der Waals surface area contributed by atoms with Gasteiger partial charge in [-0.2, -0.15) is 0 Å². The van der Waals surface area contributed by atoms with Crippen LogP contribution in [-0.2, 0) is 20.0 Å². The van der Waals surface area contributed by atoms with Crippen LogP contribution >= 0.6 is 31.9 Å². The van der Waals surface area contributed by atoms with E-state index in [-0.39, 0.29) is 16.3 Å². The minimum atomic E-state index is -4.23. The Bertz CT molecular complexity index is 947. The largest absolute Gasteiger partial charge is 0.256 e. The lowest BCUT2D eigenvalue weighted by molar-refractivity contribution is 0.478. The third-order valence-corrected chi connectivity index (χ3v) is 10.4. The highest BCUT2D eigenvalue weighted by molar-refractivity contribution is 9.10. The Labute approximate surface area is 203 Å². The van der Waals surface area contributed by atoms with Crippen LogP contribution in [0.1, 0.15) is 58.3 Å². The molecular formula is C22H29Br2NO4S2. The molecule has 0 heterocycles. The van der Waals surface area contributed by atoms with Crippen LogP contribution in [-0.4, -0.2) is 27.1 Å². The number of nitrogens with zero attached hydrogens (tertiary/aromatic N) is 1. The van der Waals surface area contributed by atoms with Gasteiger partial charge in [0.05, 0.1) is 9.79 Å². The monoisotopic (exact) mass is 593 g/mol. The minimum absolute atomic E-state index is 0.0454. The Morgan fingerprint density at radius 3 is 1.35 bits per heavy atom. The molecule has 0 fully saturated rings. The molecule has 0 radical (unpaired) electrons. The molecule has 9 heteroatoms. The molecule has 0 aliphatic carbocycles. The number of benzene rings is 2. The fourth-order valence-corrected chi connectivity index (χ4v) is 7.44. The predicted molar refractivity (Wildman–Crippen MR) is 132 cm³/mol. The summed E-state index contributed by atoms with van der Waals surface area (Å²) in [7, 11) is -8.45. The lowest BCUT2D eigenvalue weighted by Gasteiger charge is -2.22. The average Bonchev–Trinajstić information content (AvgIpc) is 2.73. The lowest BCUT2D eigenvalue weighted by Crippen LogP contribution is -2.37. The van der Waals surface area contributed by atoms with Crippen molar-refractivity contribution in [2.24, 2.45) is 0 Å². The third kappa shape index (κ3) is 7.67. The summed E-state index contributed by atoms with van der Waals surface area (Å²) >= 11 is 6.57. The standard InChI is InChI=1S/C22H29Br2NO4S2/c1-2-3-4-5-6-7-8-9-18-25(30(26,27)21-14-10-19(23)11-15-21)31(28,29)22-16-12-20(24)13-17-22/h10-17H,2-9,18H2,1H3. The lowest BCUT2D eigenvalue weighted by atomic mass is 10.1. The molecule has 0 amide bonds. The summed E-state index contributed by atoms with van der Waals surface area (Å²) in [5, 5.41) is 0. The number of halogens is 2. The van der Waals surface area contributed by atoms with E-state index in [0.717, 1.165) is 34.6 Å². The Morgan fingerprint density at radius 2 is 0.968 bits per heavy atom. The zero-order valence-electron chi connectivity index (χ0n) is 17.6. The van der Waals surface area contributed by atoms with Gasteiger partial charge in [-0.25, -0.2) is 16.8 Å².